The summed E-state index contributed by atoms with van der Waals surface area (Å²) in [6.07, 6.45) is 6.79. The Morgan fingerprint density at radius 2 is 2.13 bits per heavy atom. The summed E-state index contributed by atoms with van der Waals surface area (Å²) in [5.41, 5.74) is 0.761. The van der Waals surface area contributed by atoms with E-state index in [0.717, 1.165) is 18.7 Å². The summed E-state index contributed by atoms with van der Waals surface area (Å²) in [4.78, 5) is 12.9. The standard InChI is InChI=1S/C12H19NO2/c1-3-4-5-9-15-10-8-13-11(2)6-7-12(13)14/h6-7H,2-5,8-10H2,1H3. The second-order valence-corrected chi connectivity index (χ2v) is 3.63. The maximum Gasteiger partial charge on any atom is 0.251 e. The molecule has 1 aliphatic heterocycles. The Bertz CT molecular complexity index is 240. The van der Waals surface area contributed by atoms with Gasteiger partial charge in [0.25, 0.3) is 5.91 Å². The van der Waals surface area contributed by atoms with E-state index in [1.165, 1.54) is 12.8 Å². The number of rotatable bonds is 7. The van der Waals surface area contributed by atoms with Gasteiger partial charge in [0, 0.05) is 24.9 Å². The molecule has 0 radical (unpaired) electrons. The Labute approximate surface area is 91.4 Å². The Morgan fingerprint density at radius 3 is 2.73 bits per heavy atom. The average Bonchev–Trinajstić information content (AvgIpc) is 2.54. The van der Waals surface area contributed by atoms with Crippen molar-refractivity contribution in [1.82, 2.24) is 4.90 Å². The van der Waals surface area contributed by atoms with Gasteiger partial charge in [-0.25, -0.2) is 0 Å². The number of hydrogen-bond donors (Lipinski definition) is 0. The average molecular weight is 209 g/mol. The summed E-state index contributed by atoms with van der Waals surface area (Å²) < 4.78 is 5.43. The van der Waals surface area contributed by atoms with E-state index in [4.69, 9.17) is 4.74 Å². The van der Waals surface area contributed by atoms with Gasteiger partial charge in [-0.3, -0.25) is 4.79 Å². The third-order valence-corrected chi connectivity index (χ3v) is 2.38. The predicted octanol–water partition coefficient (Wildman–Crippen LogP) is 2.11. The molecule has 0 N–H and O–H groups in total. The number of allylic oxidation sites excluding steroid dienone is 1. The Balaban J connectivity index is 2.05. The molecule has 0 aromatic rings. The van der Waals surface area contributed by atoms with Crippen molar-refractivity contribution in [1.29, 1.82) is 0 Å². The van der Waals surface area contributed by atoms with Crippen LogP contribution in [0.2, 0.25) is 0 Å². The first kappa shape index (κ1) is 12.0. The quantitative estimate of drug-likeness (QED) is 0.601. The van der Waals surface area contributed by atoms with Crippen molar-refractivity contribution >= 4 is 5.91 Å². The first-order valence-corrected chi connectivity index (χ1v) is 5.52. The van der Waals surface area contributed by atoms with Crippen molar-refractivity contribution in [2.24, 2.45) is 0 Å². The predicted molar refractivity (Wildman–Crippen MR) is 60.3 cm³/mol. The van der Waals surface area contributed by atoms with E-state index in [9.17, 15) is 4.79 Å². The van der Waals surface area contributed by atoms with E-state index in [1.807, 2.05) is 0 Å². The number of nitrogens with zero attached hydrogens (tertiary/aromatic N) is 1. The highest BCUT2D eigenvalue weighted by atomic mass is 16.5. The molecule has 0 aromatic carbocycles. The van der Waals surface area contributed by atoms with Crippen LogP contribution in [0.1, 0.15) is 26.2 Å². The molecule has 1 heterocycles. The molecule has 0 saturated carbocycles. The fourth-order valence-electron chi connectivity index (χ4n) is 1.45. The summed E-state index contributed by atoms with van der Waals surface area (Å²) in [5, 5.41) is 0. The number of carbonyl (C=O) groups excluding carboxylic acids is 1. The van der Waals surface area contributed by atoms with Crippen LogP contribution in [0.25, 0.3) is 0 Å². The molecule has 1 aliphatic rings. The van der Waals surface area contributed by atoms with Crippen LogP contribution < -0.4 is 0 Å². The third-order valence-electron chi connectivity index (χ3n) is 2.38. The topological polar surface area (TPSA) is 29.5 Å². The monoisotopic (exact) mass is 209 g/mol. The van der Waals surface area contributed by atoms with Gasteiger partial charge >= 0.3 is 0 Å². The summed E-state index contributed by atoms with van der Waals surface area (Å²) in [7, 11) is 0. The summed E-state index contributed by atoms with van der Waals surface area (Å²) in [6.45, 7) is 7.93. The van der Waals surface area contributed by atoms with E-state index < -0.39 is 0 Å². The maximum atomic E-state index is 11.3. The molecule has 1 rings (SSSR count). The van der Waals surface area contributed by atoms with Crippen molar-refractivity contribution in [2.45, 2.75) is 26.2 Å². The van der Waals surface area contributed by atoms with Crippen LogP contribution in [0.4, 0.5) is 0 Å². The molecule has 3 heteroatoms. The minimum atomic E-state index is 0.0113. The van der Waals surface area contributed by atoms with E-state index >= 15 is 0 Å². The van der Waals surface area contributed by atoms with Gasteiger partial charge in [-0.15, -0.1) is 0 Å². The van der Waals surface area contributed by atoms with Gasteiger partial charge in [0.1, 0.15) is 0 Å². The van der Waals surface area contributed by atoms with Crippen LogP contribution in [-0.2, 0) is 9.53 Å². The van der Waals surface area contributed by atoms with Gasteiger partial charge in [0.2, 0.25) is 0 Å². The van der Waals surface area contributed by atoms with Gasteiger partial charge in [-0.2, -0.15) is 0 Å². The zero-order chi connectivity index (χ0) is 11.1. The van der Waals surface area contributed by atoms with Gasteiger partial charge in [0.05, 0.1) is 6.61 Å². The molecule has 0 atom stereocenters. The molecule has 0 unspecified atom stereocenters. The van der Waals surface area contributed by atoms with E-state index in [1.54, 1.807) is 17.1 Å². The van der Waals surface area contributed by atoms with E-state index in [2.05, 4.69) is 13.5 Å². The Morgan fingerprint density at radius 1 is 1.33 bits per heavy atom. The number of hydrogen-bond acceptors (Lipinski definition) is 2. The molecule has 3 nitrogen and oxygen atoms in total. The molecule has 84 valence electrons. The Kier molecular flexibility index (Phi) is 5.12. The lowest BCUT2D eigenvalue weighted by Crippen LogP contribution is -2.27. The van der Waals surface area contributed by atoms with E-state index in [-0.39, 0.29) is 5.91 Å². The van der Waals surface area contributed by atoms with Crippen molar-refractivity contribution in [3.8, 4) is 0 Å². The second kappa shape index (κ2) is 6.40. The third kappa shape index (κ3) is 3.88. The maximum absolute atomic E-state index is 11.3. The summed E-state index contributed by atoms with van der Waals surface area (Å²) in [5.74, 6) is 0.0113. The highest BCUT2D eigenvalue weighted by Crippen LogP contribution is 2.11. The molecule has 0 aliphatic carbocycles. The lowest BCUT2D eigenvalue weighted by Gasteiger charge is -2.16. The first-order chi connectivity index (χ1) is 7.25. The Hall–Kier alpha value is -1.09. The molecular weight excluding hydrogens is 190 g/mol. The lowest BCUT2D eigenvalue weighted by molar-refractivity contribution is -0.123. The van der Waals surface area contributed by atoms with Crippen LogP contribution >= 0.6 is 0 Å². The fourth-order valence-corrected chi connectivity index (χ4v) is 1.45. The van der Waals surface area contributed by atoms with Gasteiger partial charge < -0.3 is 9.64 Å². The van der Waals surface area contributed by atoms with E-state index in [0.29, 0.717) is 13.2 Å². The highest BCUT2D eigenvalue weighted by molar-refractivity contribution is 5.92. The van der Waals surface area contributed by atoms with Gasteiger partial charge in [0.15, 0.2) is 0 Å². The van der Waals surface area contributed by atoms with Crippen LogP contribution in [-0.4, -0.2) is 30.6 Å². The number of ether oxygens (including phenoxy) is 1. The molecule has 1 amide bonds. The summed E-state index contributed by atoms with van der Waals surface area (Å²) >= 11 is 0. The zero-order valence-electron chi connectivity index (χ0n) is 9.37. The number of carbonyl (C=O) groups is 1. The number of unbranched alkanes of at least 4 members (excludes halogenated alkanes) is 2. The van der Waals surface area contributed by atoms with Gasteiger partial charge in [-0.1, -0.05) is 26.3 Å². The normalized spacial score (nSPS) is 15.4. The van der Waals surface area contributed by atoms with Crippen molar-refractivity contribution in [2.75, 3.05) is 19.8 Å². The highest BCUT2D eigenvalue weighted by Gasteiger charge is 2.17. The largest absolute Gasteiger partial charge is 0.380 e. The fraction of sp³-hybridized carbons (Fsp3) is 0.583. The summed E-state index contributed by atoms with van der Waals surface area (Å²) in [6, 6.07) is 0. The minimum Gasteiger partial charge on any atom is -0.380 e. The molecule has 0 saturated heterocycles. The molecule has 0 fully saturated rings. The molecular formula is C12H19NO2. The van der Waals surface area contributed by atoms with Crippen molar-refractivity contribution < 1.29 is 9.53 Å². The van der Waals surface area contributed by atoms with Crippen LogP contribution in [0.3, 0.4) is 0 Å². The van der Waals surface area contributed by atoms with Crippen molar-refractivity contribution in [3.63, 3.8) is 0 Å². The van der Waals surface area contributed by atoms with Crippen LogP contribution in [0.5, 0.6) is 0 Å². The molecule has 0 bridgehead atoms. The lowest BCUT2D eigenvalue weighted by atomic mass is 10.3. The zero-order valence-corrected chi connectivity index (χ0v) is 9.37. The SMILES string of the molecule is C=C1C=CC(=O)N1CCOCCCCC. The van der Waals surface area contributed by atoms with Crippen LogP contribution in [0.15, 0.2) is 24.4 Å². The van der Waals surface area contributed by atoms with Crippen molar-refractivity contribution in [3.05, 3.63) is 24.4 Å². The smallest absolute Gasteiger partial charge is 0.251 e. The first-order valence-electron chi connectivity index (χ1n) is 5.52. The van der Waals surface area contributed by atoms with Crippen LogP contribution in [0, 0.1) is 0 Å². The molecule has 0 aromatic heterocycles. The minimum absolute atomic E-state index is 0.0113. The van der Waals surface area contributed by atoms with Gasteiger partial charge in [-0.05, 0) is 12.5 Å². The molecule has 15 heavy (non-hydrogen) atoms. The second-order valence-electron chi connectivity index (χ2n) is 3.63. The number of amides is 1. The molecule has 0 spiro atoms.